The lowest BCUT2D eigenvalue weighted by Gasteiger charge is -2.07. The van der Waals surface area contributed by atoms with Gasteiger partial charge in [0.1, 0.15) is 0 Å². The molecule has 1 aliphatic heterocycles. The molecule has 1 aromatic heterocycles. The number of anilines is 1. The summed E-state index contributed by atoms with van der Waals surface area (Å²) in [5.41, 5.74) is 0. The smallest absolute Gasteiger partial charge is 0.371 e. The van der Waals surface area contributed by atoms with Crippen molar-refractivity contribution in [2.75, 3.05) is 18.5 Å². The van der Waals surface area contributed by atoms with Crippen LogP contribution in [0, 0.1) is 0 Å². The summed E-state index contributed by atoms with van der Waals surface area (Å²) in [7, 11) is 0. The second-order valence-corrected chi connectivity index (χ2v) is 3.17. The minimum absolute atomic E-state index is 0.0496. The van der Waals surface area contributed by atoms with Crippen LogP contribution in [-0.4, -0.2) is 30.3 Å². The second kappa shape index (κ2) is 3.71. The maximum Gasteiger partial charge on any atom is 0.371 e. The second-order valence-electron chi connectivity index (χ2n) is 3.17. The van der Waals surface area contributed by atoms with Crippen LogP contribution >= 0.6 is 0 Å². The number of nitrogens with one attached hydrogen (secondary N) is 1. The Morgan fingerprint density at radius 2 is 2.43 bits per heavy atom. The molecule has 76 valence electrons. The average Bonchev–Trinajstić information content (AvgIpc) is 2.75. The highest BCUT2D eigenvalue weighted by Crippen LogP contribution is 2.17. The van der Waals surface area contributed by atoms with Crippen molar-refractivity contribution >= 4 is 11.9 Å². The summed E-state index contributed by atoms with van der Waals surface area (Å²) < 4.78 is 10.2. The highest BCUT2D eigenvalue weighted by Gasteiger charge is 2.17. The van der Waals surface area contributed by atoms with Gasteiger partial charge in [-0.3, -0.25) is 0 Å². The lowest BCUT2D eigenvalue weighted by Crippen LogP contribution is -2.18. The van der Waals surface area contributed by atoms with Gasteiger partial charge in [-0.25, -0.2) is 4.79 Å². The molecule has 1 atom stereocenters. The Bertz CT molecular complexity index is 327. The highest BCUT2D eigenvalue weighted by atomic mass is 16.5. The molecule has 0 amide bonds. The van der Waals surface area contributed by atoms with Gasteiger partial charge in [-0.15, -0.1) is 0 Å². The molecule has 1 aliphatic rings. The van der Waals surface area contributed by atoms with Gasteiger partial charge in [0, 0.05) is 12.7 Å². The maximum atomic E-state index is 10.5. The normalized spacial score (nSPS) is 21.0. The molecule has 5 nitrogen and oxygen atoms in total. The lowest BCUT2D eigenvalue weighted by molar-refractivity contribution is 0.0663. The number of rotatable bonds is 3. The summed E-state index contributed by atoms with van der Waals surface area (Å²) in [6.45, 7) is 1.38. The Morgan fingerprint density at radius 1 is 1.57 bits per heavy atom. The molecule has 14 heavy (non-hydrogen) atoms. The first-order chi connectivity index (χ1) is 6.75. The third kappa shape index (κ3) is 1.88. The number of carbonyl (C=O) groups is 1. The topological polar surface area (TPSA) is 71.7 Å². The molecule has 2 N–H and O–H groups in total. The van der Waals surface area contributed by atoms with E-state index in [0.717, 1.165) is 13.0 Å². The SMILES string of the molecule is O=C(O)c1ccc(NC2CCOC2)o1. The zero-order chi connectivity index (χ0) is 9.97. The maximum absolute atomic E-state index is 10.5. The van der Waals surface area contributed by atoms with Gasteiger partial charge in [-0.2, -0.15) is 0 Å². The average molecular weight is 197 g/mol. The molecule has 1 fully saturated rings. The van der Waals surface area contributed by atoms with Crippen molar-refractivity contribution in [3.8, 4) is 0 Å². The molecule has 5 heteroatoms. The van der Waals surface area contributed by atoms with Gasteiger partial charge in [-0.05, 0) is 12.5 Å². The standard InChI is InChI=1S/C9H11NO4/c11-9(12)7-1-2-8(14-7)10-6-3-4-13-5-6/h1-2,6,10H,3-5H2,(H,11,12). The van der Waals surface area contributed by atoms with Crippen LogP contribution in [0.15, 0.2) is 16.5 Å². The molecule has 0 radical (unpaired) electrons. The summed E-state index contributed by atoms with van der Waals surface area (Å²) in [6, 6.07) is 3.27. The van der Waals surface area contributed by atoms with E-state index >= 15 is 0 Å². The minimum atomic E-state index is -1.05. The van der Waals surface area contributed by atoms with E-state index in [0.29, 0.717) is 12.5 Å². The van der Waals surface area contributed by atoms with Crippen LogP contribution < -0.4 is 5.32 Å². The van der Waals surface area contributed by atoms with Crippen molar-refractivity contribution in [3.05, 3.63) is 17.9 Å². The summed E-state index contributed by atoms with van der Waals surface area (Å²) in [4.78, 5) is 10.5. The van der Waals surface area contributed by atoms with Gasteiger partial charge in [0.2, 0.25) is 5.76 Å². The van der Waals surface area contributed by atoms with Gasteiger partial charge >= 0.3 is 5.97 Å². The van der Waals surface area contributed by atoms with E-state index in [1.54, 1.807) is 6.07 Å². The van der Waals surface area contributed by atoms with E-state index in [1.165, 1.54) is 6.07 Å². The number of carboxylic acids is 1. The van der Waals surface area contributed by atoms with Gasteiger partial charge < -0.3 is 19.6 Å². The monoisotopic (exact) mass is 197 g/mol. The quantitative estimate of drug-likeness (QED) is 0.761. The predicted octanol–water partition coefficient (Wildman–Crippen LogP) is 1.18. The summed E-state index contributed by atoms with van der Waals surface area (Å²) in [5.74, 6) is -0.620. The molecule has 0 aliphatic carbocycles. The summed E-state index contributed by atoms with van der Waals surface area (Å²) >= 11 is 0. The van der Waals surface area contributed by atoms with Crippen LogP contribution in [0.25, 0.3) is 0 Å². The molecule has 1 saturated heterocycles. The number of carboxylic acid groups (broad SMARTS) is 1. The first kappa shape index (κ1) is 9.08. The molecule has 1 aromatic rings. The summed E-state index contributed by atoms with van der Waals surface area (Å²) in [6.07, 6.45) is 0.920. The molecular weight excluding hydrogens is 186 g/mol. The third-order valence-corrected chi connectivity index (χ3v) is 2.09. The Kier molecular flexibility index (Phi) is 2.41. The minimum Gasteiger partial charge on any atom is -0.475 e. The van der Waals surface area contributed by atoms with Crippen molar-refractivity contribution in [1.29, 1.82) is 0 Å². The van der Waals surface area contributed by atoms with Crippen molar-refractivity contribution in [3.63, 3.8) is 0 Å². The van der Waals surface area contributed by atoms with Crippen molar-refractivity contribution in [1.82, 2.24) is 0 Å². The first-order valence-electron chi connectivity index (χ1n) is 4.43. The first-order valence-corrected chi connectivity index (χ1v) is 4.43. The molecular formula is C9H11NO4. The number of hydrogen-bond donors (Lipinski definition) is 2. The van der Waals surface area contributed by atoms with E-state index < -0.39 is 5.97 Å². The molecule has 0 aromatic carbocycles. The Morgan fingerprint density at radius 3 is 3.00 bits per heavy atom. The Balaban J connectivity index is 1.98. The van der Waals surface area contributed by atoms with Gasteiger partial charge in [0.05, 0.1) is 12.6 Å². The molecule has 0 spiro atoms. The lowest BCUT2D eigenvalue weighted by atomic mass is 10.3. The predicted molar refractivity (Wildman–Crippen MR) is 48.5 cm³/mol. The van der Waals surface area contributed by atoms with Crippen LogP contribution in [0.2, 0.25) is 0 Å². The van der Waals surface area contributed by atoms with Crippen molar-refractivity contribution < 1.29 is 19.1 Å². The van der Waals surface area contributed by atoms with E-state index in [4.69, 9.17) is 14.3 Å². The fourth-order valence-corrected chi connectivity index (χ4v) is 1.38. The number of furan rings is 1. The van der Waals surface area contributed by atoms with E-state index in [1.807, 2.05) is 0 Å². The van der Waals surface area contributed by atoms with E-state index in [9.17, 15) is 4.79 Å². The van der Waals surface area contributed by atoms with Crippen LogP contribution in [0.4, 0.5) is 5.88 Å². The highest BCUT2D eigenvalue weighted by molar-refractivity contribution is 5.84. The van der Waals surface area contributed by atoms with Crippen LogP contribution in [0.3, 0.4) is 0 Å². The van der Waals surface area contributed by atoms with Crippen molar-refractivity contribution in [2.45, 2.75) is 12.5 Å². The van der Waals surface area contributed by atoms with Gasteiger partial charge in [0.15, 0.2) is 5.88 Å². The van der Waals surface area contributed by atoms with Crippen molar-refractivity contribution in [2.24, 2.45) is 0 Å². The molecule has 2 rings (SSSR count). The molecule has 2 heterocycles. The molecule has 1 unspecified atom stereocenters. The number of hydrogen-bond acceptors (Lipinski definition) is 4. The largest absolute Gasteiger partial charge is 0.475 e. The zero-order valence-corrected chi connectivity index (χ0v) is 7.53. The van der Waals surface area contributed by atoms with E-state index in [2.05, 4.69) is 5.32 Å². The fourth-order valence-electron chi connectivity index (χ4n) is 1.38. The van der Waals surface area contributed by atoms with Gasteiger partial charge in [-0.1, -0.05) is 0 Å². The van der Waals surface area contributed by atoms with Crippen LogP contribution in [0.5, 0.6) is 0 Å². The Labute approximate surface area is 80.7 Å². The third-order valence-electron chi connectivity index (χ3n) is 2.09. The Hall–Kier alpha value is -1.49. The molecule has 0 saturated carbocycles. The zero-order valence-electron chi connectivity index (χ0n) is 7.53. The van der Waals surface area contributed by atoms with Crippen LogP contribution in [-0.2, 0) is 4.74 Å². The van der Waals surface area contributed by atoms with Crippen LogP contribution in [0.1, 0.15) is 17.0 Å². The number of aromatic carboxylic acids is 1. The molecule has 0 bridgehead atoms. The van der Waals surface area contributed by atoms with E-state index in [-0.39, 0.29) is 11.8 Å². The summed E-state index contributed by atoms with van der Waals surface area (Å²) in [5, 5.41) is 11.7. The fraction of sp³-hybridized carbons (Fsp3) is 0.444. The number of ether oxygens (including phenoxy) is 1. The van der Waals surface area contributed by atoms with Gasteiger partial charge in [0.25, 0.3) is 0 Å².